The van der Waals surface area contributed by atoms with Crippen LogP contribution >= 0.6 is 0 Å². The van der Waals surface area contributed by atoms with Crippen LogP contribution in [0.3, 0.4) is 0 Å². The van der Waals surface area contributed by atoms with Gasteiger partial charge < -0.3 is 19.8 Å². The van der Waals surface area contributed by atoms with Gasteiger partial charge in [0.25, 0.3) is 11.8 Å². The third kappa shape index (κ3) is 5.99. The van der Waals surface area contributed by atoms with Gasteiger partial charge in [0.05, 0.1) is 6.26 Å². The Morgan fingerprint density at radius 3 is 2.33 bits per heavy atom. The first-order valence-electron chi connectivity index (χ1n) is 8.59. The van der Waals surface area contributed by atoms with Gasteiger partial charge >= 0.3 is 5.97 Å². The molecule has 7 heteroatoms. The van der Waals surface area contributed by atoms with Crippen molar-refractivity contribution in [1.29, 1.82) is 0 Å². The van der Waals surface area contributed by atoms with Crippen LogP contribution in [0.5, 0.6) is 0 Å². The number of hydrogen-bond donors (Lipinski definition) is 2. The molecule has 1 unspecified atom stereocenters. The predicted molar refractivity (Wildman–Crippen MR) is 100 cm³/mol. The summed E-state index contributed by atoms with van der Waals surface area (Å²) in [5.41, 5.74) is 1.78. The molecule has 0 saturated carbocycles. The average Bonchev–Trinajstić information content (AvgIpc) is 3.14. The second kappa shape index (κ2) is 8.53. The van der Waals surface area contributed by atoms with Crippen molar-refractivity contribution >= 4 is 23.5 Å². The van der Waals surface area contributed by atoms with Crippen molar-refractivity contribution in [3.05, 3.63) is 54.0 Å². The van der Waals surface area contributed by atoms with Crippen LogP contribution in [-0.2, 0) is 19.7 Å². The van der Waals surface area contributed by atoms with Crippen molar-refractivity contribution in [2.75, 3.05) is 11.9 Å². The van der Waals surface area contributed by atoms with E-state index < -0.39 is 23.9 Å². The maximum atomic E-state index is 12.2. The fourth-order valence-electron chi connectivity index (χ4n) is 2.24. The van der Waals surface area contributed by atoms with Gasteiger partial charge in [-0.2, -0.15) is 0 Å². The van der Waals surface area contributed by atoms with Crippen LogP contribution in [0.25, 0.3) is 0 Å². The Labute approximate surface area is 158 Å². The maximum Gasteiger partial charge on any atom is 0.326 e. The van der Waals surface area contributed by atoms with Crippen molar-refractivity contribution in [2.24, 2.45) is 0 Å². The number of esters is 1. The molecule has 0 radical (unpaired) electrons. The third-order valence-electron chi connectivity index (χ3n) is 3.83. The summed E-state index contributed by atoms with van der Waals surface area (Å²) in [6.45, 7) is 7.41. The molecular formula is C20H24N2O5. The van der Waals surface area contributed by atoms with Gasteiger partial charge in [-0.15, -0.1) is 0 Å². The molecule has 2 aromatic rings. The first kappa shape index (κ1) is 20.2. The number of ether oxygens (including phenoxy) is 1. The van der Waals surface area contributed by atoms with Gasteiger partial charge in [-0.1, -0.05) is 32.9 Å². The largest absolute Gasteiger partial charge is 0.459 e. The van der Waals surface area contributed by atoms with Crippen molar-refractivity contribution in [2.45, 2.75) is 39.2 Å². The number of nitrogens with one attached hydrogen (secondary N) is 2. The molecule has 0 spiro atoms. The van der Waals surface area contributed by atoms with Crippen LogP contribution in [-0.4, -0.2) is 30.4 Å². The molecular weight excluding hydrogens is 348 g/mol. The number of carbonyl (C=O) groups excluding carboxylic acids is 3. The van der Waals surface area contributed by atoms with Gasteiger partial charge in [-0.25, -0.2) is 0 Å². The zero-order valence-corrected chi connectivity index (χ0v) is 15.9. The third-order valence-corrected chi connectivity index (χ3v) is 3.83. The van der Waals surface area contributed by atoms with Crippen LogP contribution in [0.2, 0.25) is 0 Å². The molecule has 0 bridgehead atoms. The van der Waals surface area contributed by atoms with Crippen LogP contribution < -0.4 is 10.6 Å². The van der Waals surface area contributed by atoms with E-state index in [2.05, 4.69) is 31.4 Å². The number of amides is 2. The number of rotatable bonds is 6. The molecule has 0 aliphatic rings. The Balaban J connectivity index is 1.80. The second-order valence-electron chi connectivity index (χ2n) is 7.11. The number of furan rings is 1. The molecule has 0 fully saturated rings. The van der Waals surface area contributed by atoms with Crippen molar-refractivity contribution in [3.8, 4) is 0 Å². The standard InChI is InChI=1S/C20H24N2O5/c1-13(27-17(23)12-21-19(25)16-6-5-11-26-16)18(24)22-15-9-7-14(8-10-15)20(2,3)4/h5-11,13H,12H2,1-4H3,(H,21,25)(H,22,24). The van der Waals surface area contributed by atoms with E-state index in [-0.39, 0.29) is 17.7 Å². The van der Waals surface area contributed by atoms with E-state index in [1.807, 2.05) is 12.1 Å². The zero-order valence-electron chi connectivity index (χ0n) is 15.9. The highest BCUT2D eigenvalue weighted by atomic mass is 16.5. The van der Waals surface area contributed by atoms with Crippen molar-refractivity contribution < 1.29 is 23.5 Å². The first-order chi connectivity index (χ1) is 12.7. The van der Waals surface area contributed by atoms with Crippen molar-refractivity contribution in [3.63, 3.8) is 0 Å². The Kier molecular flexibility index (Phi) is 6.39. The molecule has 7 nitrogen and oxygen atoms in total. The van der Waals surface area contributed by atoms with E-state index in [1.165, 1.54) is 19.3 Å². The predicted octanol–water partition coefficient (Wildman–Crippen LogP) is 2.88. The topological polar surface area (TPSA) is 97.6 Å². The molecule has 2 amide bonds. The van der Waals surface area contributed by atoms with Crippen LogP contribution in [0.1, 0.15) is 43.8 Å². The van der Waals surface area contributed by atoms with E-state index in [1.54, 1.807) is 18.2 Å². The summed E-state index contributed by atoms with van der Waals surface area (Å²) in [5, 5.41) is 5.05. The summed E-state index contributed by atoms with van der Waals surface area (Å²) in [5.74, 6) is -1.62. The lowest BCUT2D eigenvalue weighted by Gasteiger charge is -2.19. The minimum absolute atomic E-state index is 0.0193. The fourth-order valence-corrected chi connectivity index (χ4v) is 2.24. The minimum atomic E-state index is -1.000. The molecule has 0 aliphatic heterocycles. The second-order valence-corrected chi connectivity index (χ2v) is 7.11. The zero-order chi connectivity index (χ0) is 20.0. The molecule has 1 aromatic heterocycles. The molecule has 1 aromatic carbocycles. The van der Waals surface area contributed by atoms with E-state index in [9.17, 15) is 14.4 Å². The van der Waals surface area contributed by atoms with E-state index in [0.717, 1.165) is 5.56 Å². The highest BCUT2D eigenvalue weighted by Crippen LogP contribution is 2.23. The van der Waals surface area contributed by atoms with E-state index in [4.69, 9.17) is 9.15 Å². The van der Waals surface area contributed by atoms with Gasteiger partial charge in [-0.3, -0.25) is 14.4 Å². The lowest BCUT2D eigenvalue weighted by atomic mass is 9.87. The number of carbonyl (C=O) groups is 3. The molecule has 1 atom stereocenters. The van der Waals surface area contributed by atoms with Gasteiger partial charge in [0.1, 0.15) is 6.54 Å². The van der Waals surface area contributed by atoms with E-state index >= 15 is 0 Å². The summed E-state index contributed by atoms with van der Waals surface area (Å²) in [6.07, 6.45) is 0.355. The number of hydrogen-bond acceptors (Lipinski definition) is 5. The van der Waals surface area contributed by atoms with Gasteiger partial charge in [-0.05, 0) is 42.2 Å². The lowest BCUT2D eigenvalue weighted by molar-refractivity contribution is -0.152. The highest BCUT2D eigenvalue weighted by Gasteiger charge is 2.19. The van der Waals surface area contributed by atoms with Gasteiger partial charge in [0, 0.05) is 5.69 Å². The van der Waals surface area contributed by atoms with Gasteiger partial charge in [0.2, 0.25) is 0 Å². The monoisotopic (exact) mass is 372 g/mol. The average molecular weight is 372 g/mol. The van der Waals surface area contributed by atoms with Crippen molar-refractivity contribution in [1.82, 2.24) is 5.32 Å². The smallest absolute Gasteiger partial charge is 0.326 e. The molecule has 0 saturated heterocycles. The SMILES string of the molecule is CC(OC(=O)CNC(=O)c1ccco1)C(=O)Nc1ccc(C(C)(C)C)cc1. The molecule has 0 aliphatic carbocycles. The molecule has 1 heterocycles. The Hall–Kier alpha value is -3.09. The molecule has 27 heavy (non-hydrogen) atoms. The molecule has 144 valence electrons. The van der Waals surface area contributed by atoms with Gasteiger partial charge in [0.15, 0.2) is 11.9 Å². The maximum absolute atomic E-state index is 12.2. The Morgan fingerprint density at radius 1 is 1.11 bits per heavy atom. The van der Waals surface area contributed by atoms with E-state index in [0.29, 0.717) is 5.69 Å². The Morgan fingerprint density at radius 2 is 1.78 bits per heavy atom. The summed E-state index contributed by atoms with van der Waals surface area (Å²) >= 11 is 0. The van der Waals surface area contributed by atoms with Crippen LogP contribution in [0.15, 0.2) is 47.1 Å². The highest BCUT2D eigenvalue weighted by molar-refractivity contribution is 5.96. The summed E-state index contributed by atoms with van der Waals surface area (Å²) in [7, 11) is 0. The Bertz CT molecular complexity index is 789. The lowest BCUT2D eigenvalue weighted by Crippen LogP contribution is -2.35. The summed E-state index contributed by atoms with van der Waals surface area (Å²) < 4.78 is 9.95. The summed E-state index contributed by atoms with van der Waals surface area (Å²) in [6, 6.07) is 10.5. The summed E-state index contributed by atoms with van der Waals surface area (Å²) in [4.78, 5) is 35.6. The normalized spacial score (nSPS) is 12.1. The fraction of sp³-hybridized carbons (Fsp3) is 0.350. The number of benzene rings is 1. The number of anilines is 1. The van der Waals surface area contributed by atoms with Crippen LogP contribution in [0, 0.1) is 0 Å². The molecule has 2 rings (SSSR count). The first-order valence-corrected chi connectivity index (χ1v) is 8.59. The minimum Gasteiger partial charge on any atom is -0.459 e. The molecule has 2 N–H and O–H groups in total. The van der Waals surface area contributed by atoms with Crippen LogP contribution in [0.4, 0.5) is 5.69 Å². The quantitative estimate of drug-likeness (QED) is 0.760.